The van der Waals surface area contributed by atoms with Crippen molar-refractivity contribution in [2.75, 3.05) is 0 Å². The number of hydrogen-bond acceptors (Lipinski definition) is 1. The zero-order valence-electron chi connectivity index (χ0n) is 6.77. The molecule has 0 N–H and O–H groups in total. The lowest BCUT2D eigenvalue weighted by atomic mass is 9.90. The molecule has 62 valence electrons. The van der Waals surface area contributed by atoms with Gasteiger partial charge in [0.05, 0.1) is 5.57 Å². The van der Waals surface area contributed by atoms with E-state index >= 15 is 0 Å². The van der Waals surface area contributed by atoms with Gasteiger partial charge in [-0.2, -0.15) is 4.79 Å². The van der Waals surface area contributed by atoms with Gasteiger partial charge in [-0.05, 0) is 18.2 Å². The van der Waals surface area contributed by atoms with Crippen molar-refractivity contribution in [3.8, 4) is 0 Å². The van der Waals surface area contributed by atoms with Crippen LogP contribution >= 0.6 is 0 Å². The molecule has 0 aromatic carbocycles. The SMILES string of the molecule is [N-]=[N+]=C1C=CC=C2C(=O)C=CC=C21. The first kappa shape index (κ1) is 7.65. The van der Waals surface area contributed by atoms with Gasteiger partial charge in [-0.1, -0.05) is 12.2 Å². The average molecular weight is 170 g/mol. The van der Waals surface area contributed by atoms with Gasteiger partial charge in [0.1, 0.15) is 0 Å². The predicted molar refractivity (Wildman–Crippen MR) is 48.1 cm³/mol. The number of carbonyl (C=O) groups excluding carboxylic acids is 1. The molecule has 0 aromatic rings. The smallest absolute Gasteiger partial charge is 0.323 e. The van der Waals surface area contributed by atoms with Gasteiger partial charge in [0.2, 0.25) is 0 Å². The number of fused-ring (bicyclic) bond motifs is 1. The van der Waals surface area contributed by atoms with Crippen LogP contribution in [0.2, 0.25) is 0 Å². The van der Waals surface area contributed by atoms with E-state index in [1.165, 1.54) is 6.08 Å². The molecule has 3 heteroatoms. The van der Waals surface area contributed by atoms with Gasteiger partial charge in [-0.25, -0.2) is 0 Å². The van der Waals surface area contributed by atoms with Crippen LogP contribution in [0.1, 0.15) is 0 Å². The van der Waals surface area contributed by atoms with E-state index in [1.807, 2.05) is 0 Å². The maximum absolute atomic E-state index is 11.3. The van der Waals surface area contributed by atoms with Crippen molar-refractivity contribution in [1.82, 2.24) is 0 Å². The van der Waals surface area contributed by atoms with Crippen molar-refractivity contribution in [2.45, 2.75) is 0 Å². The molecule has 0 aliphatic heterocycles. The van der Waals surface area contributed by atoms with Crippen molar-refractivity contribution in [2.24, 2.45) is 0 Å². The van der Waals surface area contributed by atoms with Crippen LogP contribution in [0.5, 0.6) is 0 Å². The Morgan fingerprint density at radius 3 is 2.54 bits per heavy atom. The van der Waals surface area contributed by atoms with Gasteiger partial charge in [0.25, 0.3) is 0 Å². The van der Waals surface area contributed by atoms with Crippen molar-refractivity contribution >= 4 is 11.5 Å². The number of allylic oxidation sites excluding steroid dienone is 8. The van der Waals surface area contributed by atoms with E-state index in [9.17, 15) is 4.79 Å². The standard InChI is InChI=1S/C10H6N2O/c11-12-9-5-1-4-8-7(9)3-2-6-10(8)13/h1-6H. The van der Waals surface area contributed by atoms with Gasteiger partial charge in [-0.15, -0.1) is 0 Å². The Hall–Kier alpha value is -1.99. The van der Waals surface area contributed by atoms with Crippen LogP contribution in [0.15, 0.2) is 47.6 Å². The summed E-state index contributed by atoms with van der Waals surface area (Å²) in [6.45, 7) is 0. The predicted octanol–water partition coefficient (Wildman–Crippen LogP) is 1.22. The largest absolute Gasteiger partial charge is 0.361 e. The molecular weight excluding hydrogens is 164 g/mol. The normalized spacial score (nSPS) is 19.1. The van der Waals surface area contributed by atoms with Crippen molar-refractivity contribution in [1.29, 1.82) is 0 Å². The molecule has 0 amide bonds. The molecule has 0 spiro atoms. The lowest BCUT2D eigenvalue weighted by Gasteiger charge is -2.08. The van der Waals surface area contributed by atoms with E-state index in [0.29, 0.717) is 16.9 Å². The minimum atomic E-state index is -0.0528. The Morgan fingerprint density at radius 2 is 1.77 bits per heavy atom. The van der Waals surface area contributed by atoms with Crippen molar-refractivity contribution in [3.05, 3.63) is 53.1 Å². The third-order valence-electron chi connectivity index (χ3n) is 1.97. The van der Waals surface area contributed by atoms with Gasteiger partial charge in [0.15, 0.2) is 5.78 Å². The van der Waals surface area contributed by atoms with Crippen LogP contribution in [-0.2, 0) is 4.79 Å². The Morgan fingerprint density at radius 1 is 1.08 bits per heavy atom. The third-order valence-corrected chi connectivity index (χ3v) is 1.97. The van der Waals surface area contributed by atoms with Gasteiger partial charge in [-0.3, -0.25) is 4.79 Å². The molecule has 0 fully saturated rings. The van der Waals surface area contributed by atoms with Gasteiger partial charge in [0, 0.05) is 11.6 Å². The number of ketones is 1. The minimum absolute atomic E-state index is 0.0528. The summed E-state index contributed by atoms with van der Waals surface area (Å²) in [5.41, 5.74) is 10.3. The highest BCUT2D eigenvalue weighted by atomic mass is 16.1. The molecule has 0 bridgehead atoms. The summed E-state index contributed by atoms with van der Waals surface area (Å²) in [7, 11) is 0. The van der Waals surface area contributed by atoms with Crippen LogP contribution in [0.3, 0.4) is 0 Å². The first-order valence-corrected chi connectivity index (χ1v) is 3.87. The summed E-state index contributed by atoms with van der Waals surface area (Å²) in [5, 5.41) is 0. The van der Waals surface area contributed by atoms with Crippen LogP contribution in [0.4, 0.5) is 0 Å². The molecule has 0 aromatic heterocycles. The topological polar surface area (TPSA) is 53.5 Å². The monoisotopic (exact) mass is 170 g/mol. The lowest BCUT2D eigenvalue weighted by molar-refractivity contribution is -0.111. The van der Waals surface area contributed by atoms with Crippen LogP contribution < -0.4 is 0 Å². The quantitative estimate of drug-likeness (QED) is 0.398. The van der Waals surface area contributed by atoms with E-state index in [4.69, 9.17) is 5.53 Å². The van der Waals surface area contributed by atoms with Crippen molar-refractivity contribution in [3.63, 3.8) is 0 Å². The Kier molecular flexibility index (Phi) is 1.65. The van der Waals surface area contributed by atoms with Crippen LogP contribution in [-0.4, -0.2) is 16.3 Å². The molecule has 2 aliphatic rings. The summed E-state index contributed by atoms with van der Waals surface area (Å²) in [5.74, 6) is -0.0528. The Labute approximate surface area is 75.0 Å². The molecular formula is C10H6N2O. The zero-order chi connectivity index (χ0) is 9.26. The number of carbonyl (C=O) groups is 1. The van der Waals surface area contributed by atoms with Crippen LogP contribution in [0, 0.1) is 0 Å². The fraction of sp³-hybridized carbons (Fsp3) is 0. The third kappa shape index (κ3) is 1.11. The fourth-order valence-corrected chi connectivity index (χ4v) is 1.35. The number of rotatable bonds is 0. The van der Waals surface area contributed by atoms with Gasteiger partial charge < -0.3 is 5.53 Å². The second-order valence-corrected chi connectivity index (χ2v) is 2.73. The summed E-state index contributed by atoms with van der Waals surface area (Å²) in [6.07, 6.45) is 9.96. The molecule has 0 radical (unpaired) electrons. The van der Waals surface area contributed by atoms with E-state index < -0.39 is 0 Å². The first-order chi connectivity index (χ1) is 6.33. The highest BCUT2D eigenvalue weighted by molar-refractivity contribution is 6.22. The molecule has 0 atom stereocenters. The second kappa shape index (κ2) is 2.81. The average Bonchev–Trinajstić information content (AvgIpc) is 2.18. The molecule has 13 heavy (non-hydrogen) atoms. The Balaban J connectivity index is 2.62. The van der Waals surface area contributed by atoms with Crippen LogP contribution in [0.25, 0.3) is 5.53 Å². The van der Waals surface area contributed by atoms with E-state index in [2.05, 4.69) is 4.79 Å². The minimum Gasteiger partial charge on any atom is -0.361 e. The maximum atomic E-state index is 11.3. The van der Waals surface area contributed by atoms with E-state index in [0.717, 1.165) is 0 Å². The molecule has 0 saturated heterocycles. The highest BCUT2D eigenvalue weighted by Crippen LogP contribution is 2.21. The van der Waals surface area contributed by atoms with E-state index in [1.54, 1.807) is 30.4 Å². The molecule has 0 unspecified atom stereocenters. The zero-order valence-corrected chi connectivity index (χ0v) is 6.77. The molecule has 0 saturated carbocycles. The lowest BCUT2D eigenvalue weighted by Crippen LogP contribution is -2.14. The van der Waals surface area contributed by atoms with Crippen molar-refractivity contribution < 1.29 is 9.58 Å². The summed E-state index contributed by atoms with van der Waals surface area (Å²) in [4.78, 5) is 14.4. The second-order valence-electron chi connectivity index (χ2n) is 2.73. The number of hydrogen-bond donors (Lipinski definition) is 0. The summed E-state index contributed by atoms with van der Waals surface area (Å²) in [6, 6.07) is 0. The summed E-state index contributed by atoms with van der Waals surface area (Å²) < 4.78 is 0. The fourth-order valence-electron chi connectivity index (χ4n) is 1.35. The highest BCUT2D eigenvalue weighted by Gasteiger charge is 2.24. The summed E-state index contributed by atoms with van der Waals surface area (Å²) >= 11 is 0. The number of nitrogens with zero attached hydrogens (tertiary/aromatic N) is 2. The van der Waals surface area contributed by atoms with Gasteiger partial charge >= 0.3 is 5.71 Å². The molecule has 2 aliphatic carbocycles. The first-order valence-electron chi connectivity index (χ1n) is 3.87. The molecule has 3 nitrogen and oxygen atoms in total. The Bertz CT molecular complexity index is 444. The maximum Gasteiger partial charge on any atom is 0.323 e. The van der Waals surface area contributed by atoms with E-state index in [-0.39, 0.29) is 5.78 Å². The molecule has 2 rings (SSSR count). The molecule has 0 heterocycles.